The third kappa shape index (κ3) is 3.17. The van der Waals surface area contributed by atoms with Crippen LogP contribution in [0.25, 0.3) is 0 Å². The van der Waals surface area contributed by atoms with Crippen molar-refractivity contribution < 1.29 is 0 Å². The lowest BCUT2D eigenvalue weighted by atomic mass is 10.2. The first-order valence-corrected chi connectivity index (χ1v) is 7.73. The van der Waals surface area contributed by atoms with Crippen LogP contribution in [0.4, 0.5) is 23.3 Å². The van der Waals surface area contributed by atoms with Crippen molar-refractivity contribution >= 4 is 23.3 Å². The number of anilines is 4. The van der Waals surface area contributed by atoms with Gasteiger partial charge in [0.25, 0.3) is 0 Å². The molecule has 0 aliphatic heterocycles. The first-order chi connectivity index (χ1) is 11.8. The summed E-state index contributed by atoms with van der Waals surface area (Å²) in [4.78, 5) is 8.63. The van der Waals surface area contributed by atoms with Gasteiger partial charge in [-0.25, -0.2) is 4.98 Å². The predicted octanol–water partition coefficient (Wildman–Crippen LogP) is 3.44. The van der Waals surface area contributed by atoms with Crippen LogP contribution < -0.4 is 10.6 Å². The zero-order valence-electron chi connectivity index (χ0n) is 12.8. The van der Waals surface area contributed by atoms with Gasteiger partial charge in [-0.2, -0.15) is 15.3 Å². The Kier molecular flexibility index (Phi) is 3.56. The minimum Gasteiger partial charge on any atom is -0.324 e. The third-order valence-electron chi connectivity index (χ3n) is 3.80. The molecular weight excluding hydrogens is 302 g/mol. The molecule has 0 bridgehead atoms. The number of benzene rings is 1. The van der Waals surface area contributed by atoms with Gasteiger partial charge in [0.2, 0.25) is 5.95 Å². The molecule has 4 rings (SSSR count). The molecular formula is C17H15N7. The summed E-state index contributed by atoms with van der Waals surface area (Å²) in [5.74, 6) is 2.52. The average Bonchev–Trinajstić information content (AvgIpc) is 3.36. The van der Waals surface area contributed by atoms with Gasteiger partial charge in [0, 0.05) is 29.6 Å². The van der Waals surface area contributed by atoms with Crippen LogP contribution >= 0.6 is 0 Å². The number of aromatic nitrogens is 4. The number of hydrogen-bond acceptors (Lipinski definition) is 6. The molecule has 118 valence electrons. The Labute approximate surface area is 138 Å². The summed E-state index contributed by atoms with van der Waals surface area (Å²) in [7, 11) is 0. The van der Waals surface area contributed by atoms with Crippen LogP contribution in [0.2, 0.25) is 0 Å². The molecule has 2 aromatic heterocycles. The van der Waals surface area contributed by atoms with E-state index in [1.54, 1.807) is 24.4 Å². The lowest BCUT2D eigenvalue weighted by molar-refractivity contribution is 0.966. The van der Waals surface area contributed by atoms with E-state index in [2.05, 4.69) is 36.9 Å². The molecule has 1 aliphatic carbocycles. The summed E-state index contributed by atoms with van der Waals surface area (Å²) in [5.41, 5.74) is 2.60. The Hall–Kier alpha value is -3.40. The number of nitrogens with zero attached hydrogens (tertiary/aromatic N) is 4. The summed E-state index contributed by atoms with van der Waals surface area (Å²) in [5, 5.41) is 22.4. The van der Waals surface area contributed by atoms with E-state index in [4.69, 9.17) is 5.26 Å². The minimum atomic E-state index is 0.475. The van der Waals surface area contributed by atoms with Crippen molar-refractivity contribution in [2.75, 3.05) is 10.6 Å². The van der Waals surface area contributed by atoms with Crippen molar-refractivity contribution in [1.29, 1.82) is 5.26 Å². The number of rotatable bonds is 5. The molecule has 3 N–H and O–H groups in total. The topological polar surface area (TPSA) is 102 Å². The van der Waals surface area contributed by atoms with Gasteiger partial charge in [-0.1, -0.05) is 0 Å². The second-order valence-electron chi connectivity index (χ2n) is 5.69. The summed E-state index contributed by atoms with van der Waals surface area (Å²) < 4.78 is 0. The smallest absolute Gasteiger partial charge is 0.229 e. The highest BCUT2D eigenvalue weighted by molar-refractivity contribution is 5.58. The van der Waals surface area contributed by atoms with E-state index < -0.39 is 0 Å². The van der Waals surface area contributed by atoms with Crippen LogP contribution in [-0.2, 0) is 0 Å². The highest BCUT2D eigenvalue weighted by Crippen LogP contribution is 2.39. The van der Waals surface area contributed by atoms with E-state index in [0.717, 1.165) is 11.5 Å². The van der Waals surface area contributed by atoms with E-state index in [1.807, 2.05) is 18.2 Å². The molecule has 2 heterocycles. The number of nitriles is 1. The summed E-state index contributed by atoms with van der Waals surface area (Å²) in [6, 6.07) is 13.0. The molecule has 0 amide bonds. The molecule has 1 fully saturated rings. The molecule has 0 saturated heterocycles. The van der Waals surface area contributed by atoms with E-state index >= 15 is 0 Å². The fourth-order valence-electron chi connectivity index (χ4n) is 2.38. The normalized spacial score (nSPS) is 13.3. The summed E-state index contributed by atoms with van der Waals surface area (Å²) >= 11 is 0. The SMILES string of the molecule is N#Cc1ccc(Nc2nccc(Nc3cc(C4CC4)[nH]n3)n2)cc1. The first-order valence-electron chi connectivity index (χ1n) is 7.73. The van der Waals surface area contributed by atoms with Gasteiger partial charge in [0.1, 0.15) is 5.82 Å². The van der Waals surface area contributed by atoms with Gasteiger partial charge in [0.05, 0.1) is 11.6 Å². The molecule has 24 heavy (non-hydrogen) atoms. The van der Waals surface area contributed by atoms with E-state index in [1.165, 1.54) is 18.5 Å². The quantitative estimate of drug-likeness (QED) is 0.666. The molecule has 7 heteroatoms. The molecule has 0 unspecified atom stereocenters. The van der Waals surface area contributed by atoms with Crippen LogP contribution in [0.3, 0.4) is 0 Å². The van der Waals surface area contributed by atoms with Crippen molar-refractivity contribution in [3.05, 3.63) is 53.9 Å². The number of aromatic amines is 1. The standard InChI is InChI=1S/C17H15N7/c18-10-11-1-5-13(6-2-11)20-17-19-8-7-15(22-17)21-16-9-14(23-24-16)12-3-4-12/h1-2,5-9,12H,3-4H2,(H3,19,20,21,22,23,24). The Morgan fingerprint density at radius 1 is 1.08 bits per heavy atom. The monoisotopic (exact) mass is 317 g/mol. The van der Waals surface area contributed by atoms with Crippen LogP contribution in [0.1, 0.15) is 30.0 Å². The lowest BCUT2D eigenvalue weighted by Crippen LogP contribution is -2.00. The molecule has 0 spiro atoms. The second-order valence-corrected chi connectivity index (χ2v) is 5.69. The minimum absolute atomic E-state index is 0.475. The second kappa shape index (κ2) is 6.01. The van der Waals surface area contributed by atoms with Gasteiger partial charge in [-0.05, 0) is 43.2 Å². The third-order valence-corrected chi connectivity index (χ3v) is 3.80. The van der Waals surface area contributed by atoms with Crippen molar-refractivity contribution in [2.45, 2.75) is 18.8 Å². The van der Waals surface area contributed by atoms with Crippen LogP contribution in [0, 0.1) is 11.3 Å². The molecule has 1 aliphatic rings. The summed E-state index contributed by atoms with van der Waals surface area (Å²) in [6.45, 7) is 0. The molecule has 0 radical (unpaired) electrons. The Bertz CT molecular complexity index is 888. The largest absolute Gasteiger partial charge is 0.324 e. The molecule has 1 aromatic carbocycles. The van der Waals surface area contributed by atoms with E-state index in [-0.39, 0.29) is 0 Å². The zero-order chi connectivity index (χ0) is 16.4. The van der Waals surface area contributed by atoms with Crippen molar-refractivity contribution in [2.24, 2.45) is 0 Å². The average molecular weight is 317 g/mol. The maximum absolute atomic E-state index is 8.82. The number of nitrogens with one attached hydrogen (secondary N) is 3. The predicted molar refractivity (Wildman–Crippen MR) is 90.3 cm³/mol. The van der Waals surface area contributed by atoms with Crippen molar-refractivity contribution in [3.63, 3.8) is 0 Å². The number of hydrogen-bond donors (Lipinski definition) is 3. The fourth-order valence-corrected chi connectivity index (χ4v) is 2.38. The first kappa shape index (κ1) is 14.2. The molecule has 1 saturated carbocycles. The fraction of sp³-hybridized carbons (Fsp3) is 0.176. The van der Waals surface area contributed by atoms with Crippen LogP contribution in [0.15, 0.2) is 42.6 Å². The summed E-state index contributed by atoms with van der Waals surface area (Å²) in [6.07, 6.45) is 4.14. The molecule has 3 aromatic rings. The van der Waals surface area contributed by atoms with E-state index in [0.29, 0.717) is 23.2 Å². The number of H-pyrrole nitrogens is 1. The Morgan fingerprint density at radius 3 is 2.67 bits per heavy atom. The van der Waals surface area contributed by atoms with Crippen LogP contribution in [-0.4, -0.2) is 20.2 Å². The molecule has 7 nitrogen and oxygen atoms in total. The van der Waals surface area contributed by atoms with Crippen molar-refractivity contribution in [1.82, 2.24) is 20.2 Å². The van der Waals surface area contributed by atoms with Gasteiger partial charge in [-0.3, -0.25) is 5.10 Å². The van der Waals surface area contributed by atoms with Gasteiger partial charge in [0.15, 0.2) is 5.82 Å². The maximum Gasteiger partial charge on any atom is 0.229 e. The Morgan fingerprint density at radius 2 is 1.92 bits per heavy atom. The van der Waals surface area contributed by atoms with Gasteiger partial charge < -0.3 is 10.6 Å². The van der Waals surface area contributed by atoms with Crippen LogP contribution in [0.5, 0.6) is 0 Å². The van der Waals surface area contributed by atoms with Gasteiger partial charge >= 0.3 is 0 Å². The van der Waals surface area contributed by atoms with E-state index in [9.17, 15) is 0 Å². The zero-order valence-corrected chi connectivity index (χ0v) is 12.8. The van der Waals surface area contributed by atoms with Crippen molar-refractivity contribution in [3.8, 4) is 6.07 Å². The maximum atomic E-state index is 8.82. The van der Waals surface area contributed by atoms with Gasteiger partial charge in [-0.15, -0.1) is 0 Å². The highest BCUT2D eigenvalue weighted by atomic mass is 15.2. The lowest BCUT2D eigenvalue weighted by Gasteiger charge is -2.07. The Balaban J connectivity index is 1.46. The highest BCUT2D eigenvalue weighted by Gasteiger charge is 2.25. The molecule has 0 atom stereocenters.